The van der Waals surface area contributed by atoms with Crippen LogP contribution in [0.2, 0.25) is 0 Å². The van der Waals surface area contributed by atoms with Crippen LogP contribution in [0.3, 0.4) is 0 Å². The second-order valence-corrected chi connectivity index (χ2v) is 11.0. The highest BCUT2D eigenvalue weighted by atomic mass is 32.1. The summed E-state index contributed by atoms with van der Waals surface area (Å²) in [4.78, 5) is 51.4. The molecule has 1 saturated heterocycles. The first-order valence-corrected chi connectivity index (χ1v) is 13.0. The molecule has 1 aromatic carbocycles. The van der Waals surface area contributed by atoms with E-state index in [1.165, 1.54) is 6.20 Å². The van der Waals surface area contributed by atoms with Crippen LogP contribution in [-0.4, -0.2) is 64.7 Å². The van der Waals surface area contributed by atoms with Crippen molar-refractivity contribution in [2.24, 2.45) is 5.92 Å². The topological polar surface area (TPSA) is 108 Å². The normalized spacial score (nSPS) is 19.8. The highest BCUT2D eigenvalue weighted by molar-refractivity contribution is 7.18. The van der Waals surface area contributed by atoms with E-state index in [4.69, 9.17) is 4.98 Å². The number of hydrogen-bond acceptors (Lipinski definition) is 7. The average molecular weight is 507 g/mol. The van der Waals surface area contributed by atoms with Gasteiger partial charge in [-0.1, -0.05) is 13.0 Å². The molecule has 4 heterocycles. The quantitative estimate of drug-likeness (QED) is 0.527. The lowest BCUT2D eigenvalue weighted by Crippen LogP contribution is -2.46. The molecule has 3 amide bonds. The average Bonchev–Trinajstić information content (AvgIpc) is 3.24. The van der Waals surface area contributed by atoms with Crippen LogP contribution in [-0.2, 0) is 22.6 Å². The highest BCUT2D eigenvalue weighted by Gasteiger charge is 2.34. The highest BCUT2D eigenvalue weighted by Crippen LogP contribution is 2.35. The van der Waals surface area contributed by atoms with Gasteiger partial charge >= 0.3 is 11.8 Å². The minimum Gasteiger partial charge on any atom is -0.352 e. The molecule has 2 aromatic heterocycles. The fourth-order valence-electron chi connectivity index (χ4n) is 4.92. The molecule has 0 radical (unpaired) electrons. The molecule has 10 heteroatoms. The van der Waals surface area contributed by atoms with Gasteiger partial charge in [0.2, 0.25) is 0 Å². The molecule has 2 atom stereocenters. The van der Waals surface area contributed by atoms with Gasteiger partial charge in [-0.2, -0.15) is 0 Å². The van der Waals surface area contributed by atoms with Crippen molar-refractivity contribution in [3.05, 3.63) is 52.3 Å². The van der Waals surface area contributed by atoms with E-state index in [1.54, 1.807) is 22.3 Å². The number of hydrogen-bond donors (Lipinski definition) is 2. The molecule has 0 unspecified atom stereocenters. The molecule has 9 nitrogen and oxygen atoms in total. The lowest BCUT2D eigenvalue weighted by molar-refractivity contribution is -0.146. The summed E-state index contributed by atoms with van der Waals surface area (Å²) in [5.74, 6) is -1.24. The molecule has 0 bridgehead atoms. The van der Waals surface area contributed by atoms with Crippen molar-refractivity contribution < 1.29 is 14.4 Å². The Balaban J connectivity index is 1.36. The maximum absolute atomic E-state index is 13.4. The standard InChI is InChI=1S/C26H30N6O3S/c1-15-4-6-21(16-5-7-22-20(10-16)30-23(36-22)14-31(2)3)32(13-15)26(35)25(34)29-17-11-18-19(28-12-17)8-9-27-24(18)33/h5,7,10-12,15,21H,4,6,8-9,13-14H2,1-3H3,(H,27,33)(H,29,34)/t15-,21+/m0/s1. The van der Waals surface area contributed by atoms with Gasteiger partial charge in [0, 0.05) is 26.1 Å². The maximum atomic E-state index is 13.4. The minimum absolute atomic E-state index is 0.199. The zero-order valence-electron chi connectivity index (χ0n) is 20.7. The van der Waals surface area contributed by atoms with Crippen LogP contribution in [0.4, 0.5) is 5.69 Å². The van der Waals surface area contributed by atoms with Crippen molar-refractivity contribution in [3.63, 3.8) is 0 Å². The molecule has 188 valence electrons. The first-order chi connectivity index (χ1) is 17.3. The second kappa shape index (κ2) is 9.94. The summed E-state index contributed by atoms with van der Waals surface area (Å²) in [6.07, 6.45) is 3.89. The van der Waals surface area contributed by atoms with Crippen LogP contribution >= 0.6 is 11.3 Å². The van der Waals surface area contributed by atoms with Gasteiger partial charge in [0.15, 0.2) is 0 Å². The summed E-state index contributed by atoms with van der Waals surface area (Å²) < 4.78 is 1.11. The smallest absolute Gasteiger partial charge is 0.313 e. The molecule has 2 aliphatic rings. The molecular formula is C26H30N6O3S. The maximum Gasteiger partial charge on any atom is 0.313 e. The molecule has 2 N–H and O–H groups in total. The fraction of sp³-hybridized carbons (Fsp3) is 0.423. The Kier molecular flexibility index (Phi) is 6.72. The van der Waals surface area contributed by atoms with Gasteiger partial charge < -0.3 is 20.4 Å². The van der Waals surface area contributed by atoms with E-state index in [-0.39, 0.29) is 11.9 Å². The van der Waals surface area contributed by atoms with E-state index in [9.17, 15) is 14.4 Å². The summed E-state index contributed by atoms with van der Waals surface area (Å²) in [5.41, 5.74) is 3.37. The molecule has 1 fully saturated rings. The van der Waals surface area contributed by atoms with Crippen molar-refractivity contribution in [1.82, 2.24) is 25.1 Å². The Bertz CT molecular complexity index is 1340. The molecule has 36 heavy (non-hydrogen) atoms. The van der Waals surface area contributed by atoms with Crippen LogP contribution in [0.5, 0.6) is 0 Å². The number of nitrogens with one attached hydrogen (secondary N) is 2. The number of likely N-dealkylation sites (tertiary alicyclic amines) is 1. The van der Waals surface area contributed by atoms with Gasteiger partial charge in [0.25, 0.3) is 5.91 Å². The van der Waals surface area contributed by atoms with E-state index in [1.807, 2.05) is 20.2 Å². The third-order valence-corrected chi connectivity index (χ3v) is 7.71. The molecule has 0 saturated carbocycles. The largest absolute Gasteiger partial charge is 0.352 e. The number of anilines is 1. The summed E-state index contributed by atoms with van der Waals surface area (Å²) >= 11 is 1.67. The van der Waals surface area contributed by atoms with Crippen LogP contribution in [0, 0.1) is 5.92 Å². The number of aromatic nitrogens is 2. The van der Waals surface area contributed by atoms with E-state index < -0.39 is 11.8 Å². The van der Waals surface area contributed by atoms with Crippen molar-refractivity contribution in [1.29, 1.82) is 0 Å². The van der Waals surface area contributed by atoms with E-state index >= 15 is 0 Å². The lowest BCUT2D eigenvalue weighted by Gasteiger charge is -2.38. The van der Waals surface area contributed by atoms with Gasteiger partial charge in [-0.3, -0.25) is 19.4 Å². The number of carbonyl (C=O) groups excluding carboxylic acids is 3. The number of nitrogens with zero attached hydrogens (tertiary/aromatic N) is 4. The Hall–Kier alpha value is -3.37. The van der Waals surface area contributed by atoms with Gasteiger partial charge in [0.05, 0.1) is 39.4 Å². The zero-order chi connectivity index (χ0) is 25.4. The van der Waals surface area contributed by atoms with Gasteiger partial charge in [0.1, 0.15) is 5.01 Å². The lowest BCUT2D eigenvalue weighted by atomic mass is 9.89. The number of amides is 3. The predicted molar refractivity (Wildman–Crippen MR) is 139 cm³/mol. The number of rotatable bonds is 4. The van der Waals surface area contributed by atoms with Crippen LogP contribution in [0.1, 0.15) is 52.4 Å². The Labute approximate surface area is 213 Å². The number of carbonyl (C=O) groups is 3. The van der Waals surface area contributed by atoms with Crippen LogP contribution in [0.15, 0.2) is 30.5 Å². The first-order valence-electron chi connectivity index (χ1n) is 12.2. The number of pyridine rings is 1. The van der Waals surface area contributed by atoms with E-state index in [0.717, 1.165) is 40.2 Å². The van der Waals surface area contributed by atoms with E-state index in [2.05, 4.69) is 39.6 Å². The third-order valence-electron chi connectivity index (χ3n) is 6.68. The summed E-state index contributed by atoms with van der Waals surface area (Å²) in [5, 5.41) is 6.48. The van der Waals surface area contributed by atoms with Gasteiger partial charge in [-0.15, -0.1) is 11.3 Å². The molecule has 3 aromatic rings. The minimum atomic E-state index is -0.727. The Morgan fingerprint density at radius 2 is 2.08 bits per heavy atom. The molecule has 5 rings (SSSR count). The monoisotopic (exact) mass is 506 g/mol. The summed E-state index contributed by atoms with van der Waals surface area (Å²) in [6, 6.07) is 7.54. The Morgan fingerprint density at radius 1 is 1.25 bits per heavy atom. The van der Waals surface area contributed by atoms with E-state index in [0.29, 0.717) is 42.4 Å². The van der Waals surface area contributed by atoms with Crippen molar-refractivity contribution >= 4 is 45.0 Å². The Morgan fingerprint density at radius 3 is 2.89 bits per heavy atom. The van der Waals surface area contributed by atoms with Crippen LogP contribution in [0.25, 0.3) is 10.2 Å². The molecule has 0 aliphatic carbocycles. The molecular weight excluding hydrogens is 476 g/mol. The number of fused-ring (bicyclic) bond motifs is 2. The molecule has 2 aliphatic heterocycles. The van der Waals surface area contributed by atoms with Crippen molar-refractivity contribution in [2.45, 2.75) is 38.8 Å². The van der Waals surface area contributed by atoms with Gasteiger partial charge in [-0.25, -0.2) is 4.98 Å². The summed E-state index contributed by atoms with van der Waals surface area (Å²) in [7, 11) is 4.04. The molecule has 0 spiro atoms. The fourth-order valence-corrected chi connectivity index (χ4v) is 5.99. The van der Waals surface area contributed by atoms with Crippen LogP contribution < -0.4 is 10.6 Å². The summed E-state index contributed by atoms with van der Waals surface area (Å²) in [6.45, 7) is 3.92. The van der Waals surface area contributed by atoms with Crippen molar-refractivity contribution in [2.75, 3.05) is 32.5 Å². The number of benzene rings is 1. The third kappa shape index (κ3) is 4.96. The number of piperidine rings is 1. The van der Waals surface area contributed by atoms with Gasteiger partial charge in [-0.05, 0) is 56.6 Å². The SMILES string of the molecule is C[C@H]1CC[C@H](c2ccc3sc(CN(C)C)nc3c2)N(C(=O)C(=O)Nc2cnc3c(c2)C(=O)NCC3)C1. The zero-order valence-corrected chi connectivity index (χ0v) is 21.5. The first kappa shape index (κ1) is 24.3. The second-order valence-electron chi connectivity index (χ2n) is 9.91. The predicted octanol–water partition coefficient (Wildman–Crippen LogP) is 2.98. The van der Waals surface area contributed by atoms with Crippen molar-refractivity contribution in [3.8, 4) is 0 Å². The number of thiazole rings is 1.